The summed E-state index contributed by atoms with van der Waals surface area (Å²) >= 11 is 1.44. The molecule has 0 aliphatic carbocycles. The fourth-order valence-corrected chi connectivity index (χ4v) is 6.19. The Labute approximate surface area is 230 Å². The number of sulfonamides is 1. The summed E-state index contributed by atoms with van der Waals surface area (Å²) in [6.07, 6.45) is 0. The Morgan fingerprint density at radius 2 is 1.79 bits per heavy atom. The van der Waals surface area contributed by atoms with Crippen LogP contribution in [0, 0.1) is 6.92 Å². The van der Waals surface area contributed by atoms with Gasteiger partial charge in [0.05, 0.1) is 21.9 Å². The first-order valence-corrected chi connectivity index (χ1v) is 14.5. The third kappa shape index (κ3) is 5.56. The second kappa shape index (κ2) is 11.0. The Bertz CT molecular complexity index is 1730. The second-order valence-corrected chi connectivity index (χ2v) is 11.9. The number of carbonyl (C=O) groups is 1. The molecule has 5 rings (SSSR count). The van der Waals surface area contributed by atoms with Gasteiger partial charge < -0.3 is 10.1 Å². The van der Waals surface area contributed by atoms with Gasteiger partial charge in [0.15, 0.2) is 0 Å². The van der Waals surface area contributed by atoms with Gasteiger partial charge in [-0.05, 0) is 55.8 Å². The van der Waals surface area contributed by atoms with E-state index in [1.165, 1.54) is 47.0 Å². The Morgan fingerprint density at radius 1 is 1.05 bits per heavy atom. The van der Waals surface area contributed by atoms with Crippen molar-refractivity contribution in [1.29, 1.82) is 0 Å². The zero-order valence-electron chi connectivity index (χ0n) is 21.7. The topological polar surface area (TPSA) is 106 Å². The standard InChI is InChI=1S/C28H27N5O4S2/c1-4-37-23-11-8-12-24-26(23)30-28(38-24)33-25(17-19(2)31-33)29-27(34)21-13-15-22(16-14-21)39(35,36)32(3)18-20-9-6-5-7-10-20/h5-17H,4,18H2,1-3H3,(H,29,34). The molecule has 0 saturated heterocycles. The number of rotatable bonds is 9. The van der Waals surface area contributed by atoms with Gasteiger partial charge in [-0.15, -0.1) is 0 Å². The summed E-state index contributed by atoms with van der Waals surface area (Å²) < 4.78 is 35.6. The summed E-state index contributed by atoms with van der Waals surface area (Å²) in [4.78, 5) is 17.9. The lowest BCUT2D eigenvalue weighted by Gasteiger charge is -2.17. The molecule has 0 spiro atoms. The number of nitrogens with one attached hydrogen (secondary N) is 1. The summed E-state index contributed by atoms with van der Waals surface area (Å²) in [5.74, 6) is 0.749. The molecule has 0 fully saturated rings. The molecule has 0 aliphatic rings. The maximum Gasteiger partial charge on any atom is 0.256 e. The first-order chi connectivity index (χ1) is 18.8. The van der Waals surface area contributed by atoms with Gasteiger partial charge in [0.1, 0.15) is 17.1 Å². The van der Waals surface area contributed by atoms with Gasteiger partial charge in [-0.1, -0.05) is 47.7 Å². The van der Waals surface area contributed by atoms with Crippen LogP contribution in [-0.4, -0.2) is 47.0 Å². The average molecular weight is 562 g/mol. The van der Waals surface area contributed by atoms with Crippen LogP contribution < -0.4 is 10.1 Å². The minimum Gasteiger partial charge on any atom is -0.492 e. The van der Waals surface area contributed by atoms with E-state index in [1.807, 2.05) is 62.4 Å². The number of para-hydroxylation sites is 1. The van der Waals surface area contributed by atoms with Gasteiger partial charge in [0, 0.05) is 25.2 Å². The van der Waals surface area contributed by atoms with E-state index in [0.29, 0.717) is 34.6 Å². The number of ether oxygens (including phenoxy) is 1. The summed E-state index contributed by atoms with van der Waals surface area (Å²) in [6, 6.07) is 22.7. The number of hydrogen-bond acceptors (Lipinski definition) is 7. The zero-order chi connectivity index (χ0) is 27.6. The van der Waals surface area contributed by atoms with Crippen LogP contribution in [0.1, 0.15) is 28.5 Å². The lowest BCUT2D eigenvalue weighted by Crippen LogP contribution is -2.26. The SMILES string of the molecule is CCOc1cccc2sc(-n3nc(C)cc3NC(=O)c3ccc(S(=O)(=O)N(C)Cc4ccccc4)cc3)nc12. The molecule has 0 radical (unpaired) electrons. The monoisotopic (exact) mass is 561 g/mol. The summed E-state index contributed by atoms with van der Waals surface area (Å²) in [5.41, 5.74) is 2.64. The molecule has 0 saturated carbocycles. The van der Waals surface area contributed by atoms with E-state index in [9.17, 15) is 13.2 Å². The fourth-order valence-electron chi connectivity index (χ4n) is 4.08. The van der Waals surface area contributed by atoms with Gasteiger partial charge in [-0.3, -0.25) is 4.79 Å². The number of amides is 1. The van der Waals surface area contributed by atoms with Crippen LogP contribution in [0.4, 0.5) is 5.82 Å². The van der Waals surface area contributed by atoms with Crippen molar-refractivity contribution in [3.8, 4) is 10.9 Å². The Balaban J connectivity index is 1.35. The Kier molecular flexibility index (Phi) is 7.47. The smallest absolute Gasteiger partial charge is 0.256 e. The van der Waals surface area contributed by atoms with Crippen molar-refractivity contribution in [2.45, 2.75) is 25.3 Å². The molecule has 2 heterocycles. The van der Waals surface area contributed by atoms with E-state index in [2.05, 4.69) is 10.4 Å². The van der Waals surface area contributed by atoms with Crippen LogP contribution in [0.3, 0.4) is 0 Å². The molecule has 0 bridgehead atoms. The molecular formula is C28H27N5O4S2. The van der Waals surface area contributed by atoms with Crippen molar-refractivity contribution in [2.75, 3.05) is 19.0 Å². The van der Waals surface area contributed by atoms with Crippen molar-refractivity contribution in [3.05, 3.63) is 95.7 Å². The van der Waals surface area contributed by atoms with Crippen LogP contribution in [0.5, 0.6) is 5.75 Å². The van der Waals surface area contributed by atoms with Crippen LogP contribution in [0.2, 0.25) is 0 Å². The molecule has 1 amide bonds. The number of fused-ring (bicyclic) bond motifs is 1. The molecule has 9 nitrogen and oxygen atoms in total. The van der Waals surface area contributed by atoms with Gasteiger partial charge in [0.2, 0.25) is 15.2 Å². The zero-order valence-corrected chi connectivity index (χ0v) is 23.3. The molecule has 39 heavy (non-hydrogen) atoms. The van der Waals surface area contributed by atoms with E-state index < -0.39 is 15.9 Å². The molecule has 0 unspecified atom stereocenters. The van der Waals surface area contributed by atoms with Crippen LogP contribution >= 0.6 is 11.3 Å². The molecule has 2 aromatic heterocycles. The number of thiazole rings is 1. The minimum atomic E-state index is -3.73. The van der Waals surface area contributed by atoms with Crippen LogP contribution in [0.25, 0.3) is 15.3 Å². The third-order valence-electron chi connectivity index (χ3n) is 6.00. The summed E-state index contributed by atoms with van der Waals surface area (Å²) in [5, 5.41) is 7.99. The Morgan fingerprint density at radius 3 is 2.51 bits per heavy atom. The highest BCUT2D eigenvalue weighted by molar-refractivity contribution is 7.89. The third-order valence-corrected chi connectivity index (χ3v) is 8.81. The quantitative estimate of drug-likeness (QED) is 0.263. The van der Waals surface area contributed by atoms with Crippen molar-refractivity contribution in [3.63, 3.8) is 0 Å². The highest BCUT2D eigenvalue weighted by Crippen LogP contribution is 2.33. The second-order valence-electron chi connectivity index (χ2n) is 8.84. The van der Waals surface area contributed by atoms with Gasteiger partial charge in [-0.25, -0.2) is 13.4 Å². The molecule has 5 aromatic rings. The summed E-state index contributed by atoms with van der Waals surface area (Å²) in [7, 11) is -2.19. The van der Waals surface area contributed by atoms with E-state index in [1.54, 1.807) is 10.7 Å². The minimum absolute atomic E-state index is 0.109. The number of carbonyl (C=O) groups excluding carboxylic acids is 1. The molecule has 0 atom stereocenters. The fraction of sp³-hybridized carbons (Fsp3) is 0.179. The van der Waals surface area contributed by atoms with E-state index >= 15 is 0 Å². The highest BCUT2D eigenvalue weighted by atomic mass is 32.2. The number of aryl methyl sites for hydroxylation is 1. The van der Waals surface area contributed by atoms with Gasteiger partial charge in [-0.2, -0.15) is 14.1 Å². The maximum absolute atomic E-state index is 13.1. The molecule has 200 valence electrons. The predicted octanol–water partition coefficient (Wildman–Crippen LogP) is 5.26. The molecule has 11 heteroatoms. The molecule has 3 aromatic carbocycles. The maximum atomic E-state index is 13.1. The van der Waals surface area contributed by atoms with E-state index in [4.69, 9.17) is 9.72 Å². The lowest BCUT2D eigenvalue weighted by molar-refractivity contribution is 0.102. The number of benzene rings is 3. The number of aromatic nitrogens is 3. The van der Waals surface area contributed by atoms with Crippen molar-refractivity contribution in [1.82, 2.24) is 19.1 Å². The summed E-state index contributed by atoms with van der Waals surface area (Å²) in [6.45, 7) is 4.52. The number of anilines is 1. The predicted molar refractivity (Wildman–Crippen MR) is 152 cm³/mol. The van der Waals surface area contributed by atoms with Crippen molar-refractivity contribution >= 4 is 43.3 Å². The Hall–Kier alpha value is -4.06. The van der Waals surface area contributed by atoms with Gasteiger partial charge >= 0.3 is 0 Å². The first-order valence-electron chi connectivity index (χ1n) is 12.3. The highest BCUT2D eigenvalue weighted by Gasteiger charge is 2.22. The number of hydrogen-bond donors (Lipinski definition) is 1. The molecule has 0 aliphatic heterocycles. The van der Waals surface area contributed by atoms with Gasteiger partial charge in [0.25, 0.3) is 5.91 Å². The van der Waals surface area contributed by atoms with E-state index in [-0.39, 0.29) is 11.4 Å². The van der Waals surface area contributed by atoms with E-state index in [0.717, 1.165) is 15.8 Å². The molecular weight excluding hydrogens is 534 g/mol. The molecule has 1 N–H and O–H groups in total. The van der Waals surface area contributed by atoms with Crippen molar-refractivity contribution in [2.24, 2.45) is 0 Å². The first kappa shape index (κ1) is 26.5. The lowest BCUT2D eigenvalue weighted by atomic mass is 10.2. The van der Waals surface area contributed by atoms with Crippen molar-refractivity contribution < 1.29 is 17.9 Å². The average Bonchev–Trinajstić information content (AvgIpc) is 3.53. The largest absolute Gasteiger partial charge is 0.492 e. The van der Waals surface area contributed by atoms with Crippen LogP contribution in [-0.2, 0) is 16.6 Å². The number of nitrogens with zero attached hydrogens (tertiary/aromatic N) is 4. The van der Waals surface area contributed by atoms with Crippen LogP contribution in [0.15, 0.2) is 83.8 Å². The normalized spacial score (nSPS) is 11.7.